The Balaban J connectivity index is 0.000000182. The molecule has 0 unspecified atom stereocenters. The summed E-state index contributed by atoms with van der Waals surface area (Å²) in [6.45, 7) is 14.3. The summed E-state index contributed by atoms with van der Waals surface area (Å²) in [5, 5.41) is 0.168. The van der Waals surface area contributed by atoms with Gasteiger partial charge >= 0.3 is 0 Å². The number of rotatable bonds is 8. The van der Waals surface area contributed by atoms with Gasteiger partial charge in [-0.2, -0.15) is 0 Å². The molecule has 0 atom stereocenters. The smallest absolute Gasteiger partial charge is 0.200 e. The quantitative estimate of drug-likeness (QED) is 0.0616. The van der Waals surface area contributed by atoms with Crippen molar-refractivity contribution in [2.75, 3.05) is 0 Å². The maximum atomic E-state index is 14.5. The zero-order valence-electron chi connectivity index (χ0n) is 60.9. The van der Waals surface area contributed by atoms with Crippen molar-refractivity contribution in [1.29, 1.82) is 0 Å². The Morgan fingerprint density at radius 1 is 0.179 bits per heavy atom. The van der Waals surface area contributed by atoms with Crippen LogP contribution in [-0.4, -0.2) is 0 Å². The van der Waals surface area contributed by atoms with Gasteiger partial charge in [0.25, 0.3) is 0 Å². The number of fused-ring (bicyclic) bond motifs is 6. The SMILES string of the molecule is CCc1c(F)c(F)c(F)c(F)c1F.CCc1c(F)c(F)c(F)c2c(F)c(F)c(F)c(F)c12.CCc1c2c(F)c(F)c(F)c(F)c2c(F)c2c(F)c(F)c(F)c(F)c12.CCc1c2ccccc2cc2ccccc12.CCc1ccc(F)c(F)c1.CCc1ccc(F)cc1.CCc1cccc2ccccc12.CCc1ccccc1. The lowest BCUT2D eigenvalue weighted by Gasteiger charge is -2.15. The Morgan fingerprint density at radius 3 is 0.884 bits per heavy atom. The second-order valence-electron chi connectivity index (χ2n) is 24.4. The van der Waals surface area contributed by atoms with Gasteiger partial charge in [-0.25, -0.2) is 105 Å². The van der Waals surface area contributed by atoms with E-state index in [4.69, 9.17) is 0 Å². The minimum absolute atomic E-state index is 0.160. The first kappa shape index (κ1) is 88.2. The maximum absolute atomic E-state index is 14.5. The van der Waals surface area contributed by atoms with E-state index in [0.717, 1.165) is 43.7 Å². The molecule has 0 aliphatic heterocycles. The Bertz CT molecular complexity index is 5510. The van der Waals surface area contributed by atoms with Crippen LogP contribution in [-0.2, 0) is 51.4 Å². The molecule has 0 aliphatic carbocycles. The summed E-state index contributed by atoms with van der Waals surface area (Å²) in [6.07, 6.45) is 3.96. The van der Waals surface area contributed by atoms with Gasteiger partial charge in [0.2, 0.25) is 5.82 Å². The van der Waals surface area contributed by atoms with Crippen molar-refractivity contribution < 1.29 is 105 Å². The molecular formula is C88H68F24. The second kappa shape index (κ2) is 39.7. The number of halogens is 24. The van der Waals surface area contributed by atoms with E-state index in [1.807, 2.05) is 19.9 Å². The third kappa shape index (κ3) is 19.1. The first-order valence-electron chi connectivity index (χ1n) is 34.8. The summed E-state index contributed by atoms with van der Waals surface area (Å²) in [7, 11) is 0. The lowest BCUT2D eigenvalue weighted by molar-refractivity contribution is 0.370. The highest BCUT2D eigenvalue weighted by Gasteiger charge is 2.34. The van der Waals surface area contributed by atoms with Crippen LogP contribution in [0, 0.1) is 140 Å². The lowest BCUT2D eigenvalue weighted by Crippen LogP contribution is -2.08. The van der Waals surface area contributed by atoms with E-state index in [9.17, 15) is 105 Å². The molecule has 0 aromatic heterocycles. The number of hydrogen-bond acceptors (Lipinski definition) is 0. The summed E-state index contributed by atoms with van der Waals surface area (Å²) in [5.41, 5.74) is 4.03. The Kier molecular flexibility index (Phi) is 31.3. The van der Waals surface area contributed by atoms with E-state index >= 15 is 0 Å². The van der Waals surface area contributed by atoms with Crippen molar-refractivity contribution in [3.8, 4) is 0 Å². The molecule has 0 spiro atoms. The van der Waals surface area contributed by atoms with E-state index in [1.54, 1.807) is 18.2 Å². The second-order valence-corrected chi connectivity index (χ2v) is 24.4. The van der Waals surface area contributed by atoms with E-state index < -0.39 is 189 Å². The molecule has 14 aromatic carbocycles. The maximum Gasteiger partial charge on any atom is 0.200 e. The minimum atomic E-state index is -2.38. The largest absolute Gasteiger partial charge is 0.207 e. The van der Waals surface area contributed by atoms with Gasteiger partial charge in [0, 0.05) is 27.3 Å². The van der Waals surface area contributed by atoms with Crippen molar-refractivity contribution in [2.24, 2.45) is 0 Å². The zero-order chi connectivity index (χ0) is 82.9. The molecular weight excluding hydrogens is 1510 g/mol. The molecule has 14 aromatic rings. The molecule has 0 saturated heterocycles. The Labute approximate surface area is 628 Å². The van der Waals surface area contributed by atoms with Crippen molar-refractivity contribution in [1.82, 2.24) is 0 Å². The highest BCUT2D eigenvalue weighted by atomic mass is 19.2. The lowest BCUT2D eigenvalue weighted by atomic mass is 9.92. The molecule has 0 nitrogen and oxygen atoms in total. The molecule has 112 heavy (non-hydrogen) atoms. The number of benzene rings is 14. The van der Waals surface area contributed by atoms with Gasteiger partial charge in [-0.1, -0.05) is 195 Å². The number of hydrogen-bond donors (Lipinski definition) is 0. The average Bonchev–Trinajstić information content (AvgIpc) is 0.719. The van der Waals surface area contributed by atoms with Gasteiger partial charge in [0.05, 0.1) is 16.2 Å². The molecule has 588 valence electrons. The third-order valence-electron chi connectivity index (χ3n) is 17.8. The normalized spacial score (nSPS) is 10.8. The summed E-state index contributed by atoms with van der Waals surface area (Å²) >= 11 is 0. The van der Waals surface area contributed by atoms with Crippen molar-refractivity contribution in [3.05, 3.63) is 354 Å². The molecule has 0 N–H and O–H groups in total. The molecule has 0 saturated carbocycles. The van der Waals surface area contributed by atoms with Gasteiger partial charge in [-0.3, -0.25) is 0 Å². The summed E-state index contributed by atoms with van der Waals surface area (Å²) < 4.78 is 317. The minimum Gasteiger partial charge on any atom is -0.207 e. The van der Waals surface area contributed by atoms with Crippen LogP contribution in [0.1, 0.15) is 99.9 Å². The summed E-state index contributed by atoms with van der Waals surface area (Å²) in [4.78, 5) is 0. The molecule has 0 amide bonds. The molecule has 24 heteroatoms. The molecule has 0 bridgehead atoms. The highest BCUT2D eigenvalue weighted by molar-refractivity contribution is 6.05. The molecule has 0 aliphatic rings. The molecule has 14 rings (SSSR count). The molecule has 0 heterocycles. The van der Waals surface area contributed by atoms with E-state index in [-0.39, 0.29) is 18.7 Å². The standard InChI is InChI=1S/C16H5F9.C16H14.C12H5F7.C12H12.C8H5F5.C8H8F2.C8H9F.C8H10/c1-2-3-4-6(11(20)15(24)13(22)9(4)18)8(17)7-5(3)10(19)14(23)16(25)12(7)21;1-2-14-15-9-5-3-7-12(15)11-13-8-4-6-10-16(13)14;1-2-3-4-5(8(15)10(17)6(3)13)9(16)12(19)11(18)7(4)14;1-2-10-7-5-8-11-6-3-4-9-12(10)11;1-2-3-4(9)6(11)8(13)7(12)5(3)10;1-2-6-3-4-7(9)8(10)5-6;1-2-7-3-5-8(9)6-4-7;1-2-8-6-4-3-5-7-8/h2H2,1H3;3-11H,2H2,1H3;2H2,1H3;3-9H,2H2,1H3;2H2,1H3;3-5H,2H2,1H3;3-6H,2H2,1H3;3-7H,2H2,1H3. The monoisotopic (exact) mass is 1580 g/mol. The Morgan fingerprint density at radius 2 is 0.491 bits per heavy atom. The number of aryl methyl sites for hydroxylation is 7. The van der Waals surface area contributed by atoms with Crippen LogP contribution in [0.3, 0.4) is 0 Å². The van der Waals surface area contributed by atoms with Gasteiger partial charge in [0.15, 0.2) is 122 Å². The predicted octanol–water partition coefficient (Wildman–Crippen LogP) is 28.2. The zero-order valence-corrected chi connectivity index (χ0v) is 60.9. The van der Waals surface area contributed by atoms with Crippen LogP contribution in [0.2, 0.25) is 0 Å². The highest BCUT2D eigenvalue weighted by Crippen LogP contribution is 2.42. The fraction of sp³-hybridized carbons (Fsp3) is 0.182. The van der Waals surface area contributed by atoms with Gasteiger partial charge in [-0.05, 0) is 147 Å². The molecule has 0 radical (unpaired) electrons. The first-order valence-corrected chi connectivity index (χ1v) is 34.8. The van der Waals surface area contributed by atoms with Crippen LogP contribution >= 0.6 is 0 Å². The fourth-order valence-corrected chi connectivity index (χ4v) is 12.0. The van der Waals surface area contributed by atoms with Gasteiger partial charge in [0.1, 0.15) is 11.6 Å². The van der Waals surface area contributed by atoms with E-state index in [2.05, 4.69) is 142 Å². The predicted molar refractivity (Wildman–Crippen MR) is 391 cm³/mol. The van der Waals surface area contributed by atoms with Crippen LogP contribution in [0.4, 0.5) is 105 Å². The summed E-state index contributed by atoms with van der Waals surface area (Å²) in [5.74, 6) is -45.5. The first-order chi connectivity index (χ1) is 53.3. The van der Waals surface area contributed by atoms with Crippen molar-refractivity contribution in [2.45, 2.75) is 107 Å². The van der Waals surface area contributed by atoms with Crippen molar-refractivity contribution >= 4 is 64.6 Å². The average molecular weight is 1580 g/mol. The topological polar surface area (TPSA) is 0 Å². The third-order valence-corrected chi connectivity index (χ3v) is 17.8. The van der Waals surface area contributed by atoms with Crippen molar-refractivity contribution in [3.63, 3.8) is 0 Å². The van der Waals surface area contributed by atoms with Gasteiger partial charge < -0.3 is 0 Å². The fourth-order valence-electron chi connectivity index (χ4n) is 12.0. The van der Waals surface area contributed by atoms with E-state index in [0.29, 0.717) is 0 Å². The van der Waals surface area contributed by atoms with Crippen LogP contribution < -0.4 is 0 Å². The van der Waals surface area contributed by atoms with Gasteiger partial charge in [-0.15, -0.1) is 0 Å². The molecule has 0 fully saturated rings. The Hall–Kier alpha value is -11.0. The van der Waals surface area contributed by atoms with Crippen LogP contribution in [0.25, 0.3) is 64.6 Å². The van der Waals surface area contributed by atoms with E-state index in [1.165, 1.54) is 93.5 Å². The summed E-state index contributed by atoms with van der Waals surface area (Å²) in [6, 6.07) is 55.6. The van der Waals surface area contributed by atoms with Crippen LogP contribution in [0.15, 0.2) is 170 Å². The van der Waals surface area contributed by atoms with Crippen LogP contribution in [0.5, 0.6) is 0 Å².